The van der Waals surface area contributed by atoms with Gasteiger partial charge in [-0.25, -0.2) is 4.68 Å². The van der Waals surface area contributed by atoms with Gasteiger partial charge in [0.15, 0.2) is 0 Å². The van der Waals surface area contributed by atoms with Crippen LogP contribution in [0.25, 0.3) is 5.69 Å². The van der Waals surface area contributed by atoms with Crippen molar-refractivity contribution in [1.82, 2.24) is 15.1 Å². The molecule has 0 aliphatic carbocycles. The third kappa shape index (κ3) is 4.28. The smallest absolute Gasteiger partial charge is 0.0681 e. The Morgan fingerprint density at radius 2 is 1.78 bits per heavy atom. The number of aromatic nitrogens is 2. The maximum Gasteiger partial charge on any atom is 0.0681 e. The number of nitrogens with one attached hydrogen (secondary N) is 1. The molecule has 0 saturated heterocycles. The van der Waals surface area contributed by atoms with Crippen LogP contribution in [0.15, 0.2) is 67.0 Å². The summed E-state index contributed by atoms with van der Waals surface area (Å²) in [6.45, 7) is 1.86. The molecule has 0 radical (unpaired) electrons. The first-order chi connectivity index (χ1) is 11.3. The van der Waals surface area contributed by atoms with Crippen LogP contribution in [0.2, 0.25) is 0 Å². The van der Waals surface area contributed by atoms with Crippen molar-refractivity contribution in [2.45, 2.75) is 19.6 Å². The monoisotopic (exact) mass is 307 g/mol. The summed E-state index contributed by atoms with van der Waals surface area (Å²) in [5, 5.41) is 16.8. The Labute approximate surface area is 136 Å². The molecule has 0 spiro atoms. The molecule has 118 valence electrons. The zero-order chi connectivity index (χ0) is 15.9. The van der Waals surface area contributed by atoms with E-state index in [0.717, 1.165) is 30.8 Å². The third-order valence-electron chi connectivity index (χ3n) is 3.80. The molecule has 0 bridgehead atoms. The van der Waals surface area contributed by atoms with Crippen LogP contribution in [0.4, 0.5) is 0 Å². The van der Waals surface area contributed by atoms with Crippen molar-refractivity contribution in [3.63, 3.8) is 0 Å². The number of hydrogen-bond acceptors (Lipinski definition) is 3. The topological polar surface area (TPSA) is 50.1 Å². The van der Waals surface area contributed by atoms with Gasteiger partial charge in [-0.3, -0.25) is 0 Å². The van der Waals surface area contributed by atoms with E-state index in [1.165, 1.54) is 11.1 Å². The molecule has 0 saturated carbocycles. The highest BCUT2D eigenvalue weighted by atomic mass is 16.3. The molecule has 0 atom stereocenters. The lowest BCUT2D eigenvalue weighted by Crippen LogP contribution is -2.16. The minimum Gasteiger partial charge on any atom is -0.392 e. The van der Waals surface area contributed by atoms with Gasteiger partial charge in [-0.2, -0.15) is 5.10 Å². The molecule has 4 nitrogen and oxygen atoms in total. The first kappa shape index (κ1) is 15.5. The summed E-state index contributed by atoms with van der Waals surface area (Å²) >= 11 is 0. The standard InChI is InChI=1S/C19H21N3O/c23-15-17-7-5-16(6-8-17)9-11-20-14-18-3-1-4-19(13-18)22-12-2-10-21-22/h1-8,10,12-13,20,23H,9,11,14-15H2. The fourth-order valence-corrected chi connectivity index (χ4v) is 2.51. The van der Waals surface area contributed by atoms with E-state index >= 15 is 0 Å². The molecule has 0 amide bonds. The van der Waals surface area contributed by atoms with Crippen molar-refractivity contribution in [3.8, 4) is 5.69 Å². The molecule has 0 unspecified atom stereocenters. The Kier molecular flexibility index (Phi) is 5.19. The summed E-state index contributed by atoms with van der Waals surface area (Å²) in [4.78, 5) is 0. The predicted octanol–water partition coefficient (Wildman–Crippen LogP) is 2.70. The molecule has 23 heavy (non-hydrogen) atoms. The molecule has 0 aliphatic heterocycles. The molecular weight excluding hydrogens is 286 g/mol. The fraction of sp³-hybridized carbons (Fsp3) is 0.211. The molecule has 2 aromatic carbocycles. The highest BCUT2D eigenvalue weighted by Gasteiger charge is 1.99. The Hall–Kier alpha value is -2.43. The Morgan fingerprint density at radius 3 is 2.52 bits per heavy atom. The van der Waals surface area contributed by atoms with Crippen molar-refractivity contribution < 1.29 is 5.11 Å². The molecule has 3 aromatic rings. The Bertz CT molecular complexity index is 721. The van der Waals surface area contributed by atoms with Crippen LogP contribution >= 0.6 is 0 Å². The average molecular weight is 307 g/mol. The van der Waals surface area contributed by atoms with Gasteiger partial charge < -0.3 is 10.4 Å². The summed E-state index contributed by atoms with van der Waals surface area (Å²) in [6, 6.07) is 18.4. The second kappa shape index (κ2) is 7.72. The van der Waals surface area contributed by atoms with Crippen LogP contribution in [0.3, 0.4) is 0 Å². The molecular formula is C19H21N3O. The number of aliphatic hydroxyl groups excluding tert-OH is 1. The second-order valence-electron chi connectivity index (χ2n) is 5.52. The molecule has 1 heterocycles. The quantitative estimate of drug-likeness (QED) is 0.660. The van der Waals surface area contributed by atoms with Gasteiger partial charge in [-0.15, -0.1) is 0 Å². The van der Waals surface area contributed by atoms with Gasteiger partial charge in [-0.05, 0) is 47.9 Å². The molecule has 1 aromatic heterocycles. The Balaban J connectivity index is 1.49. The molecule has 4 heteroatoms. The van der Waals surface area contributed by atoms with Gasteiger partial charge in [0.1, 0.15) is 0 Å². The van der Waals surface area contributed by atoms with Gasteiger partial charge in [0.25, 0.3) is 0 Å². The van der Waals surface area contributed by atoms with Crippen molar-refractivity contribution in [3.05, 3.63) is 83.7 Å². The van der Waals surface area contributed by atoms with E-state index in [1.54, 1.807) is 6.20 Å². The van der Waals surface area contributed by atoms with Gasteiger partial charge in [0.05, 0.1) is 12.3 Å². The number of nitrogens with zero attached hydrogens (tertiary/aromatic N) is 2. The second-order valence-corrected chi connectivity index (χ2v) is 5.52. The molecule has 0 fully saturated rings. The average Bonchev–Trinajstić information content (AvgIpc) is 3.14. The minimum atomic E-state index is 0.102. The van der Waals surface area contributed by atoms with Gasteiger partial charge in [0, 0.05) is 18.9 Å². The largest absolute Gasteiger partial charge is 0.392 e. The van der Waals surface area contributed by atoms with Crippen molar-refractivity contribution in [2.24, 2.45) is 0 Å². The van der Waals surface area contributed by atoms with E-state index in [1.807, 2.05) is 29.1 Å². The van der Waals surface area contributed by atoms with Crippen LogP contribution < -0.4 is 5.32 Å². The number of hydrogen-bond donors (Lipinski definition) is 2. The normalized spacial score (nSPS) is 10.8. The van der Waals surface area contributed by atoms with E-state index in [2.05, 4.69) is 46.8 Å². The lowest BCUT2D eigenvalue weighted by Gasteiger charge is -2.08. The summed E-state index contributed by atoms with van der Waals surface area (Å²) < 4.78 is 1.87. The van der Waals surface area contributed by atoms with Crippen LogP contribution in [0.1, 0.15) is 16.7 Å². The minimum absolute atomic E-state index is 0.102. The zero-order valence-corrected chi connectivity index (χ0v) is 13.0. The van der Waals surface area contributed by atoms with Crippen LogP contribution in [-0.4, -0.2) is 21.4 Å². The van der Waals surface area contributed by atoms with Gasteiger partial charge >= 0.3 is 0 Å². The predicted molar refractivity (Wildman–Crippen MR) is 91.3 cm³/mol. The lowest BCUT2D eigenvalue weighted by atomic mass is 10.1. The van der Waals surface area contributed by atoms with Gasteiger partial charge in [-0.1, -0.05) is 36.4 Å². The lowest BCUT2D eigenvalue weighted by molar-refractivity contribution is 0.282. The summed E-state index contributed by atoms with van der Waals surface area (Å²) in [5.41, 5.74) is 4.56. The van der Waals surface area contributed by atoms with Crippen LogP contribution in [0.5, 0.6) is 0 Å². The maximum absolute atomic E-state index is 9.04. The third-order valence-corrected chi connectivity index (χ3v) is 3.80. The Morgan fingerprint density at radius 1 is 0.957 bits per heavy atom. The summed E-state index contributed by atoms with van der Waals surface area (Å²) in [5.74, 6) is 0. The van der Waals surface area contributed by atoms with E-state index < -0.39 is 0 Å². The SMILES string of the molecule is OCc1ccc(CCNCc2cccc(-n3cccn3)c2)cc1. The molecule has 3 rings (SSSR count). The first-order valence-corrected chi connectivity index (χ1v) is 7.83. The highest BCUT2D eigenvalue weighted by molar-refractivity contribution is 5.35. The number of aliphatic hydroxyl groups is 1. The fourth-order valence-electron chi connectivity index (χ4n) is 2.51. The summed E-state index contributed by atoms with van der Waals surface area (Å²) in [7, 11) is 0. The van der Waals surface area contributed by atoms with Gasteiger partial charge in [0.2, 0.25) is 0 Å². The zero-order valence-electron chi connectivity index (χ0n) is 13.0. The van der Waals surface area contributed by atoms with Crippen LogP contribution in [0, 0.1) is 0 Å². The van der Waals surface area contributed by atoms with E-state index in [0.29, 0.717) is 0 Å². The molecule has 2 N–H and O–H groups in total. The van der Waals surface area contributed by atoms with Crippen LogP contribution in [-0.2, 0) is 19.6 Å². The molecule has 0 aliphatic rings. The first-order valence-electron chi connectivity index (χ1n) is 7.83. The van der Waals surface area contributed by atoms with E-state index in [4.69, 9.17) is 5.11 Å². The number of rotatable bonds is 7. The van der Waals surface area contributed by atoms with Crippen molar-refractivity contribution in [1.29, 1.82) is 0 Å². The highest BCUT2D eigenvalue weighted by Crippen LogP contribution is 2.09. The number of benzene rings is 2. The van der Waals surface area contributed by atoms with E-state index in [-0.39, 0.29) is 6.61 Å². The van der Waals surface area contributed by atoms with E-state index in [9.17, 15) is 0 Å². The summed E-state index contributed by atoms with van der Waals surface area (Å²) in [6.07, 6.45) is 4.71. The van der Waals surface area contributed by atoms with Crippen molar-refractivity contribution >= 4 is 0 Å². The maximum atomic E-state index is 9.04. The van der Waals surface area contributed by atoms with Crippen molar-refractivity contribution in [2.75, 3.05) is 6.54 Å².